The van der Waals surface area contributed by atoms with Gasteiger partial charge in [0.05, 0.1) is 10.4 Å². The molecule has 0 amide bonds. The minimum absolute atomic E-state index is 0.0164. The van der Waals surface area contributed by atoms with Gasteiger partial charge in [-0.1, -0.05) is 21.1 Å². The largest absolute Gasteiger partial charge is 0.334 e. The monoisotopic (exact) mass is 386 g/mol. The lowest BCUT2D eigenvalue weighted by Crippen LogP contribution is -2.44. The number of nitrogens with two attached hydrogens (primary N) is 2. The zero-order valence-corrected chi connectivity index (χ0v) is 14.2. The quantitative estimate of drug-likeness (QED) is 0.827. The molecule has 0 bridgehead atoms. The van der Waals surface area contributed by atoms with E-state index in [4.69, 9.17) is 15.4 Å². The summed E-state index contributed by atoms with van der Waals surface area (Å²) in [6.07, 6.45) is 2.66. The maximum absolute atomic E-state index is 11.7. The van der Waals surface area contributed by atoms with E-state index in [2.05, 4.69) is 26.1 Å². The van der Waals surface area contributed by atoms with E-state index in [0.717, 1.165) is 19.3 Å². The first-order valence-corrected chi connectivity index (χ1v) is 9.01. The van der Waals surface area contributed by atoms with Crippen molar-refractivity contribution in [3.05, 3.63) is 28.0 Å². The summed E-state index contributed by atoms with van der Waals surface area (Å²) < 4.78 is 29.2. The maximum atomic E-state index is 11.7. The lowest BCUT2D eigenvalue weighted by Gasteiger charge is -2.34. The molecular weight excluding hydrogens is 372 g/mol. The Morgan fingerprint density at radius 3 is 2.59 bits per heavy atom. The number of hydrogen-bond donors (Lipinski definition) is 2. The molecule has 0 atom stereocenters. The van der Waals surface area contributed by atoms with Crippen molar-refractivity contribution in [2.24, 2.45) is 10.9 Å². The van der Waals surface area contributed by atoms with E-state index in [-0.39, 0.29) is 10.8 Å². The van der Waals surface area contributed by atoms with Gasteiger partial charge in [-0.05, 0) is 43.9 Å². The van der Waals surface area contributed by atoms with E-state index >= 15 is 0 Å². The van der Waals surface area contributed by atoms with Crippen LogP contribution in [0.1, 0.15) is 30.7 Å². The van der Waals surface area contributed by atoms with Crippen molar-refractivity contribution >= 4 is 26.0 Å². The van der Waals surface area contributed by atoms with Gasteiger partial charge in [-0.15, -0.1) is 0 Å². The third kappa shape index (κ3) is 2.58. The summed E-state index contributed by atoms with van der Waals surface area (Å²) in [6.45, 7) is 1.65. The highest BCUT2D eigenvalue weighted by atomic mass is 79.9. The molecule has 2 aromatic rings. The third-order valence-electron chi connectivity index (χ3n) is 3.98. The number of hydrogen-bond acceptors (Lipinski definition) is 6. The highest BCUT2D eigenvalue weighted by molar-refractivity contribution is 9.10. The molecule has 1 heterocycles. The summed E-state index contributed by atoms with van der Waals surface area (Å²) in [4.78, 5) is 4.36. The molecule has 1 saturated carbocycles. The van der Waals surface area contributed by atoms with Crippen molar-refractivity contribution < 1.29 is 12.9 Å². The first-order chi connectivity index (χ1) is 10.2. The van der Waals surface area contributed by atoms with Crippen molar-refractivity contribution in [2.45, 2.75) is 36.6 Å². The normalized spacial score (nSPS) is 17.3. The highest BCUT2D eigenvalue weighted by Crippen LogP contribution is 2.38. The number of sulfonamides is 1. The molecule has 22 heavy (non-hydrogen) atoms. The number of primary sulfonamides is 1. The van der Waals surface area contributed by atoms with Crippen LogP contribution in [0.25, 0.3) is 11.5 Å². The molecule has 118 valence electrons. The van der Waals surface area contributed by atoms with Gasteiger partial charge in [0.2, 0.25) is 10.0 Å². The molecule has 3 rings (SSSR count). The standard InChI is InChI=1S/C13H15BrN4O3S/c1-7-9(5-8(14)6-10(7)22(16,19)20)11-17-12(18-21-11)13(15)3-2-4-13/h5-6H,2-4,15H2,1H3,(H2,16,19,20). The summed E-state index contributed by atoms with van der Waals surface area (Å²) >= 11 is 3.27. The Kier molecular flexibility index (Phi) is 3.63. The Bertz CT molecular complexity index is 843. The van der Waals surface area contributed by atoms with Crippen molar-refractivity contribution in [1.29, 1.82) is 0 Å². The van der Waals surface area contributed by atoms with Gasteiger partial charge in [0.25, 0.3) is 5.89 Å². The smallest absolute Gasteiger partial charge is 0.258 e. The van der Waals surface area contributed by atoms with E-state index in [0.29, 0.717) is 21.4 Å². The van der Waals surface area contributed by atoms with Crippen molar-refractivity contribution in [3.63, 3.8) is 0 Å². The Hall–Kier alpha value is -1.29. The van der Waals surface area contributed by atoms with E-state index in [9.17, 15) is 8.42 Å². The van der Waals surface area contributed by atoms with Crippen LogP contribution in [0.2, 0.25) is 0 Å². The summed E-state index contributed by atoms with van der Waals surface area (Å²) in [7, 11) is -3.85. The molecule has 1 aromatic heterocycles. The van der Waals surface area contributed by atoms with Crippen LogP contribution in [0.3, 0.4) is 0 Å². The molecule has 1 aliphatic rings. The zero-order chi connectivity index (χ0) is 16.1. The van der Waals surface area contributed by atoms with Crippen LogP contribution in [-0.2, 0) is 15.6 Å². The van der Waals surface area contributed by atoms with Crippen molar-refractivity contribution in [2.75, 3.05) is 0 Å². The van der Waals surface area contributed by atoms with Crippen LogP contribution in [0, 0.1) is 6.92 Å². The molecule has 1 aromatic carbocycles. The second-order valence-electron chi connectivity index (χ2n) is 5.55. The fourth-order valence-electron chi connectivity index (χ4n) is 2.49. The summed E-state index contributed by atoms with van der Waals surface area (Å²) in [5.41, 5.74) is 6.61. The molecule has 0 saturated heterocycles. The first kappa shape index (κ1) is 15.6. The maximum Gasteiger partial charge on any atom is 0.258 e. The van der Waals surface area contributed by atoms with E-state index < -0.39 is 15.6 Å². The number of benzene rings is 1. The average Bonchev–Trinajstić information content (AvgIpc) is 2.86. The van der Waals surface area contributed by atoms with Gasteiger partial charge in [-0.2, -0.15) is 4.98 Å². The molecule has 0 spiro atoms. The van der Waals surface area contributed by atoms with Gasteiger partial charge in [-0.25, -0.2) is 13.6 Å². The second kappa shape index (κ2) is 5.12. The molecule has 1 fully saturated rings. The van der Waals surface area contributed by atoms with Crippen LogP contribution < -0.4 is 10.9 Å². The minimum atomic E-state index is -3.85. The lowest BCUT2D eigenvalue weighted by molar-refractivity contribution is 0.229. The predicted octanol–water partition coefficient (Wildman–Crippen LogP) is 1.79. The summed E-state index contributed by atoms with van der Waals surface area (Å²) in [6, 6.07) is 3.16. The topological polar surface area (TPSA) is 125 Å². The van der Waals surface area contributed by atoms with E-state index in [1.165, 1.54) is 6.07 Å². The first-order valence-electron chi connectivity index (χ1n) is 6.67. The van der Waals surface area contributed by atoms with Crippen molar-refractivity contribution in [3.8, 4) is 11.5 Å². The average molecular weight is 387 g/mol. The van der Waals surface area contributed by atoms with E-state index in [1.807, 2.05) is 0 Å². The van der Waals surface area contributed by atoms with Crippen molar-refractivity contribution in [1.82, 2.24) is 10.1 Å². The number of nitrogens with zero attached hydrogens (tertiary/aromatic N) is 2. The van der Waals surface area contributed by atoms with Gasteiger partial charge in [0.15, 0.2) is 5.82 Å². The fourth-order valence-corrected chi connectivity index (χ4v) is 3.93. The third-order valence-corrected chi connectivity index (χ3v) is 5.47. The summed E-state index contributed by atoms with van der Waals surface area (Å²) in [5, 5.41) is 9.19. The van der Waals surface area contributed by atoms with Gasteiger partial charge >= 0.3 is 0 Å². The van der Waals surface area contributed by atoms with Crippen LogP contribution in [-0.4, -0.2) is 18.6 Å². The van der Waals surface area contributed by atoms with E-state index in [1.54, 1.807) is 13.0 Å². The number of halogens is 1. The Balaban J connectivity index is 2.11. The predicted molar refractivity (Wildman–Crippen MR) is 83.3 cm³/mol. The van der Waals surface area contributed by atoms with Crippen LogP contribution in [0.4, 0.5) is 0 Å². The molecular formula is C13H15BrN4O3S. The lowest BCUT2D eigenvalue weighted by atomic mass is 9.77. The van der Waals surface area contributed by atoms with Crippen LogP contribution >= 0.6 is 15.9 Å². The molecule has 9 heteroatoms. The minimum Gasteiger partial charge on any atom is -0.334 e. The molecule has 0 aliphatic heterocycles. The highest BCUT2D eigenvalue weighted by Gasteiger charge is 2.39. The molecule has 7 nitrogen and oxygen atoms in total. The fraction of sp³-hybridized carbons (Fsp3) is 0.385. The molecule has 0 unspecified atom stereocenters. The molecule has 1 aliphatic carbocycles. The van der Waals surface area contributed by atoms with Gasteiger partial charge in [-0.3, -0.25) is 0 Å². The second-order valence-corrected chi connectivity index (χ2v) is 8.00. The SMILES string of the molecule is Cc1c(-c2nc(C3(N)CCC3)no2)cc(Br)cc1S(N)(=O)=O. The number of aromatic nitrogens is 2. The van der Waals surface area contributed by atoms with Gasteiger partial charge in [0.1, 0.15) is 0 Å². The van der Waals surface area contributed by atoms with Gasteiger partial charge < -0.3 is 10.3 Å². The number of rotatable bonds is 3. The van der Waals surface area contributed by atoms with Gasteiger partial charge in [0, 0.05) is 10.0 Å². The zero-order valence-electron chi connectivity index (χ0n) is 11.8. The Morgan fingerprint density at radius 1 is 1.36 bits per heavy atom. The van der Waals surface area contributed by atoms with Crippen LogP contribution in [0.5, 0.6) is 0 Å². The molecule has 4 N–H and O–H groups in total. The molecule has 0 radical (unpaired) electrons. The summed E-state index contributed by atoms with van der Waals surface area (Å²) in [5.74, 6) is 0.681. The Morgan fingerprint density at radius 2 is 2.05 bits per heavy atom. The Labute approximate surface area is 136 Å². The van der Waals surface area contributed by atoms with Crippen LogP contribution in [0.15, 0.2) is 26.0 Å².